The van der Waals surface area contributed by atoms with E-state index in [2.05, 4.69) is 62.4 Å². The summed E-state index contributed by atoms with van der Waals surface area (Å²) in [6.07, 6.45) is 1.51. The largest absolute Gasteiger partial charge is 0.392 e. The summed E-state index contributed by atoms with van der Waals surface area (Å²) in [4.78, 5) is 19.0. The molecule has 1 atom stereocenters. The average Bonchev–Trinajstić information content (AvgIpc) is 3.28. The third-order valence-corrected chi connectivity index (χ3v) is 6.40. The molecule has 1 unspecified atom stereocenters. The highest BCUT2D eigenvalue weighted by Crippen LogP contribution is 2.33. The molecule has 0 aliphatic carbocycles. The fourth-order valence-electron chi connectivity index (χ4n) is 3.29. The number of β-amino-alcohol motifs (C(OH)–C–C–N with tert-alkyl or cyclic N) is 1. The van der Waals surface area contributed by atoms with Gasteiger partial charge in [-0.15, -0.1) is 11.3 Å². The lowest BCUT2D eigenvalue weighted by molar-refractivity contribution is 0.176. The Kier molecular flexibility index (Phi) is 7.09. The van der Waals surface area contributed by atoms with Crippen molar-refractivity contribution in [1.82, 2.24) is 15.2 Å². The molecule has 1 aromatic carbocycles. The van der Waals surface area contributed by atoms with E-state index in [9.17, 15) is 9.90 Å². The van der Waals surface area contributed by atoms with Gasteiger partial charge in [0.05, 0.1) is 11.8 Å². The van der Waals surface area contributed by atoms with Crippen molar-refractivity contribution in [2.75, 3.05) is 31.5 Å². The standard InChI is InChI=1S/C20H27BrN4O2S/c1-20(2,14-4-6-15(21)7-5-14)17-13-28-19(23-17)24-18(27)22-9-3-10-25-11-8-16(26)12-25/h4-7,13,16,26H,3,8-12H2,1-2H3,(H2,22,23,24,27). The Morgan fingerprint density at radius 3 is 2.82 bits per heavy atom. The summed E-state index contributed by atoms with van der Waals surface area (Å²) in [7, 11) is 0. The van der Waals surface area contributed by atoms with Crippen molar-refractivity contribution in [3.8, 4) is 0 Å². The Morgan fingerprint density at radius 1 is 1.39 bits per heavy atom. The highest BCUT2D eigenvalue weighted by molar-refractivity contribution is 9.10. The number of aliphatic hydroxyl groups is 1. The van der Waals surface area contributed by atoms with Gasteiger partial charge in [0.15, 0.2) is 5.13 Å². The highest BCUT2D eigenvalue weighted by atomic mass is 79.9. The fourth-order valence-corrected chi connectivity index (χ4v) is 4.43. The van der Waals surface area contributed by atoms with Crippen LogP contribution in [0.1, 0.15) is 37.9 Å². The summed E-state index contributed by atoms with van der Waals surface area (Å²) >= 11 is 4.90. The molecule has 1 aromatic heterocycles. The first-order chi connectivity index (χ1) is 13.3. The zero-order chi connectivity index (χ0) is 20.1. The SMILES string of the molecule is CC(C)(c1ccc(Br)cc1)c1csc(NC(=O)NCCCN2CCC(O)C2)n1. The van der Waals surface area contributed by atoms with E-state index in [0.29, 0.717) is 11.7 Å². The van der Waals surface area contributed by atoms with Gasteiger partial charge in [0, 0.05) is 34.9 Å². The average molecular weight is 467 g/mol. The van der Waals surface area contributed by atoms with Crippen LogP contribution in [-0.2, 0) is 5.41 Å². The summed E-state index contributed by atoms with van der Waals surface area (Å²) in [6.45, 7) is 7.42. The lowest BCUT2D eigenvalue weighted by atomic mass is 9.82. The van der Waals surface area contributed by atoms with Crippen LogP contribution in [0.25, 0.3) is 0 Å². The van der Waals surface area contributed by atoms with E-state index in [1.54, 1.807) is 0 Å². The van der Waals surface area contributed by atoms with Crippen molar-refractivity contribution in [2.24, 2.45) is 0 Å². The maximum atomic E-state index is 12.1. The molecule has 1 fully saturated rings. The summed E-state index contributed by atoms with van der Waals surface area (Å²) in [6, 6.07) is 7.99. The normalized spacial score (nSPS) is 17.6. The van der Waals surface area contributed by atoms with Gasteiger partial charge in [0.2, 0.25) is 0 Å². The van der Waals surface area contributed by atoms with Gasteiger partial charge in [-0.1, -0.05) is 41.9 Å². The molecule has 1 aliphatic rings. The number of aromatic nitrogens is 1. The van der Waals surface area contributed by atoms with E-state index in [1.165, 1.54) is 16.9 Å². The van der Waals surface area contributed by atoms with Crippen molar-refractivity contribution in [2.45, 2.75) is 38.2 Å². The number of thiazole rings is 1. The lowest BCUT2D eigenvalue weighted by Crippen LogP contribution is -2.32. The van der Waals surface area contributed by atoms with Gasteiger partial charge in [-0.2, -0.15) is 0 Å². The lowest BCUT2D eigenvalue weighted by Gasteiger charge is -2.23. The molecule has 1 aliphatic heterocycles. The monoisotopic (exact) mass is 466 g/mol. The molecule has 8 heteroatoms. The number of halogens is 1. The van der Waals surface area contributed by atoms with E-state index in [-0.39, 0.29) is 17.6 Å². The van der Waals surface area contributed by atoms with Crippen LogP contribution in [0, 0.1) is 0 Å². The number of benzene rings is 1. The Hall–Kier alpha value is -1.48. The summed E-state index contributed by atoms with van der Waals surface area (Å²) in [5.41, 5.74) is 1.86. The molecular weight excluding hydrogens is 440 g/mol. The molecule has 0 spiro atoms. The van der Waals surface area contributed by atoms with E-state index < -0.39 is 0 Å². The van der Waals surface area contributed by atoms with Crippen LogP contribution in [0.2, 0.25) is 0 Å². The van der Waals surface area contributed by atoms with E-state index in [1.807, 2.05) is 17.5 Å². The van der Waals surface area contributed by atoms with Crippen molar-refractivity contribution >= 4 is 38.4 Å². The second-order valence-corrected chi connectivity index (χ2v) is 9.42. The summed E-state index contributed by atoms with van der Waals surface area (Å²) in [5, 5.41) is 17.8. The Balaban J connectivity index is 1.47. The number of rotatable bonds is 7. The van der Waals surface area contributed by atoms with Crippen molar-refractivity contribution in [3.63, 3.8) is 0 Å². The maximum absolute atomic E-state index is 12.1. The molecule has 2 heterocycles. The fraction of sp³-hybridized carbons (Fsp3) is 0.500. The molecule has 3 N–H and O–H groups in total. The number of hydrogen-bond donors (Lipinski definition) is 3. The van der Waals surface area contributed by atoms with E-state index >= 15 is 0 Å². The number of amides is 2. The predicted molar refractivity (Wildman–Crippen MR) is 117 cm³/mol. The second kappa shape index (κ2) is 9.35. The highest BCUT2D eigenvalue weighted by Gasteiger charge is 2.26. The number of urea groups is 1. The van der Waals surface area contributed by atoms with Crippen LogP contribution in [-0.4, -0.2) is 53.3 Å². The van der Waals surface area contributed by atoms with Crippen LogP contribution in [0.15, 0.2) is 34.1 Å². The number of aliphatic hydroxyl groups excluding tert-OH is 1. The summed E-state index contributed by atoms with van der Waals surface area (Å²) in [5.74, 6) is 0. The minimum atomic E-state index is -0.242. The number of nitrogens with zero attached hydrogens (tertiary/aromatic N) is 2. The third-order valence-electron chi connectivity index (χ3n) is 5.12. The Bertz CT molecular complexity index is 794. The quantitative estimate of drug-likeness (QED) is 0.542. The number of nitrogens with one attached hydrogen (secondary N) is 2. The van der Waals surface area contributed by atoms with E-state index in [0.717, 1.165) is 42.6 Å². The number of anilines is 1. The van der Waals surface area contributed by atoms with Gasteiger partial charge in [-0.25, -0.2) is 9.78 Å². The first kappa shape index (κ1) is 21.2. The first-order valence-corrected chi connectivity index (χ1v) is 11.2. The molecule has 3 rings (SSSR count). The van der Waals surface area contributed by atoms with Gasteiger partial charge in [0.25, 0.3) is 0 Å². The Morgan fingerprint density at radius 2 is 2.14 bits per heavy atom. The molecule has 0 bridgehead atoms. The molecule has 2 aromatic rings. The van der Waals surface area contributed by atoms with Crippen LogP contribution >= 0.6 is 27.3 Å². The van der Waals surface area contributed by atoms with Crippen molar-refractivity contribution in [3.05, 3.63) is 45.4 Å². The van der Waals surface area contributed by atoms with Crippen LogP contribution in [0.4, 0.5) is 9.93 Å². The van der Waals surface area contributed by atoms with Crippen molar-refractivity contribution in [1.29, 1.82) is 0 Å². The smallest absolute Gasteiger partial charge is 0.321 e. The molecule has 152 valence electrons. The summed E-state index contributed by atoms with van der Waals surface area (Å²) < 4.78 is 1.05. The zero-order valence-electron chi connectivity index (χ0n) is 16.2. The molecule has 28 heavy (non-hydrogen) atoms. The van der Waals surface area contributed by atoms with Crippen LogP contribution in [0.5, 0.6) is 0 Å². The minimum absolute atomic E-state index is 0.197. The second-order valence-electron chi connectivity index (χ2n) is 7.65. The number of hydrogen-bond acceptors (Lipinski definition) is 5. The van der Waals surface area contributed by atoms with Gasteiger partial charge in [0.1, 0.15) is 0 Å². The van der Waals surface area contributed by atoms with Crippen LogP contribution in [0.3, 0.4) is 0 Å². The zero-order valence-corrected chi connectivity index (χ0v) is 18.6. The van der Waals surface area contributed by atoms with Gasteiger partial charge < -0.3 is 15.3 Å². The van der Waals surface area contributed by atoms with Gasteiger partial charge >= 0.3 is 6.03 Å². The molecule has 2 amide bonds. The van der Waals surface area contributed by atoms with Crippen LogP contribution < -0.4 is 10.6 Å². The number of carbonyl (C=O) groups is 1. The topological polar surface area (TPSA) is 77.5 Å². The van der Waals surface area contributed by atoms with E-state index in [4.69, 9.17) is 0 Å². The number of carbonyl (C=O) groups excluding carboxylic acids is 1. The molecule has 0 saturated carbocycles. The molecule has 0 radical (unpaired) electrons. The Labute approximate surface area is 178 Å². The maximum Gasteiger partial charge on any atom is 0.321 e. The predicted octanol–water partition coefficient (Wildman–Crippen LogP) is 3.81. The minimum Gasteiger partial charge on any atom is -0.392 e. The molecule has 1 saturated heterocycles. The van der Waals surface area contributed by atoms with Gasteiger partial charge in [-0.05, 0) is 37.1 Å². The first-order valence-electron chi connectivity index (χ1n) is 9.52. The van der Waals surface area contributed by atoms with Gasteiger partial charge in [-0.3, -0.25) is 5.32 Å². The molecule has 6 nitrogen and oxygen atoms in total. The van der Waals surface area contributed by atoms with Crippen molar-refractivity contribution < 1.29 is 9.90 Å². The number of likely N-dealkylation sites (tertiary alicyclic amines) is 1. The third kappa shape index (κ3) is 5.53. The molecular formula is C20H27BrN4O2S.